The van der Waals surface area contributed by atoms with Crippen molar-refractivity contribution in [1.29, 1.82) is 0 Å². The number of carbonyl (C=O) groups is 2. The number of carboxylic acid groups (broad SMARTS) is 1. The molecule has 0 aromatic heterocycles. The van der Waals surface area contributed by atoms with Crippen molar-refractivity contribution in [3.63, 3.8) is 0 Å². The fraction of sp³-hybridized carbons (Fsp3) is 0.167. The van der Waals surface area contributed by atoms with Crippen molar-refractivity contribution >= 4 is 29.6 Å². The Bertz CT molecular complexity index is 457. The van der Waals surface area contributed by atoms with Gasteiger partial charge in [0.2, 0.25) is 5.91 Å². The number of hydrogen-bond acceptors (Lipinski definition) is 2. The van der Waals surface area contributed by atoms with Crippen molar-refractivity contribution < 1.29 is 14.7 Å². The third kappa shape index (κ3) is 4.28. The predicted octanol–water partition coefficient (Wildman–Crippen LogP) is 1.90. The second-order valence-electron chi connectivity index (χ2n) is 3.44. The summed E-state index contributed by atoms with van der Waals surface area (Å²) in [6.07, 6.45) is 2.85. The number of rotatable bonds is 4. The van der Waals surface area contributed by atoms with E-state index in [9.17, 15) is 9.59 Å². The van der Waals surface area contributed by atoms with E-state index in [0.717, 1.165) is 4.90 Å². The standard InChI is InChI=1S/C12H12ClNO3/c1-14(8-12(16)17)11(15)7-6-9-4-2-3-5-10(9)13/h2-7H,8H2,1H3,(H,16,17)/b7-6+. The van der Waals surface area contributed by atoms with E-state index in [2.05, 4.69) is 0 Å². The minimum absolute atomic E-state index is 0.328. The zero-order valence-electron chi connectivity index (χ0n) is 9.26. The van der Waals surface area contributed by atoms with Gasteiger partial charge >= 0.3 is 5.97 Å². The fourth-order valence-corrected chi connectivity index (χ4v) is 1.38. The highest BCUT2D eigenvalue weighted by atomic mass is 35.5. The summed E-state index contributed by atoms with van der Waals surface area (Å²) in [5.41, 5.74) is 0.714. The maximum atomic E-state index is 11.5. The van der Waals surface area contributed by atoms with E-state index in [1.165, 1.54) is 13.1 Å². The van der Waals surface area contributed by atoms with Gasteiger partial charge in [0.25, 0.3) is 0 Å². The molecule has 90 valence electrons. The molecule has 0 aliphatic heterocycles. The number of aliphatic carboxylic acids is 1. The third-order valence-electron chi connectivity index (χ3n) is 2.06. The number of hydrogen-bond donors (Lipinski definition) is 1. The number of amides is 1. The van der Waals surface area contributed by atoms with E-state index in [0.29, 0.717) is 10.6 Å². The van der Waals surface area contributed by atoms with E-state index in [-0.39, 0.29) is 12.5 Å². The maximum absolute atomic E-state index is 11.5. The number of halogens is 1. The molecule has 1 N–H and O–H groups in total. The van der Waals surface area contributed by atoms with Crippen LogP contribution in [0.3, 0.4) is 0 Å². The third-order valence-corrected chi connectivity index (χ3v) is 2.40. The van der Waals surface area contributed by atoms with Crippen LogP contribution in [0.1, 0.15) is 5.56 Å². The van der Waals surface area contributed by atoms with Gasteiger partial charge in [-0.1, -0.05) is 29.8 Å². The molecule has 0 saturated carbocycles. The molecule has 0 aliphatic carbocycles. The zero-order chi connectivity index (χ0) is 12.8. The molecule has 0 atom stereocenters. The molecule has 0 aliphatic rings. The van der Waals surface area contributed by atoms with Crippen molar-refractivity contribution in [3.8, 4) is 0 Å². The summed E-state index contributed by atoms with van der Waals surface area (Å²) in [6.45, 7) is -0.328. The zero-order valence-corrected chi connectivity index (χ0v) is 10.0. The van der Waals surface area contributed by atoms with E-state index < -0.39 is 5.97 Å². The summed E-state index contributed by atoms with van der Waals surface area (Å²) >= 11 is 5.90. The number of likely N-dealkylation sites (N-methyl/N-ethyl adjacent to an activating group) is 1. The van der Waals surface area contributed by atoms with Gasteiger partial charge in [-0.25, -0.2) is 0 Å². The van der Waals surface area contributed by atoms with Gasteiger partial charge in [-0.3, -0.25) is 9.59 Å². The van der Waals surface area contributed by atoms with Gasteiger partial charge in [0.15, 0.2) is 0 Å². The first-order valence-corrected chi connectivity index (χ1v) is 5.28. The summed E-state index contributed by atoms with van der Waals surface area (Å²) in [5.74, 6) is -1.43. The molecule has 0 bridgehead atoms. The molecule has 0 fully saturated rings. The van der Waals surface area contributed by atoms with Crippen LogP contribution in [0.15, 0.2) is 30.3 Å². The highest BCUT2D eigenvalue weighted by molar-refractivity contribution is 6.32. The fourth-order valence-electron chi connectivity index (χ4n) is 1.18. The molecule has 0 spiro atoms. The van der Waals surface area contributed by atoms with Crippen molar-refractivity contribution in [2.24, 2.45) is 0 Å². The predicted molar refractivity (Wildman–Crippen MR) is 65.8 cm³/mol. The van der Waals surface area contributed by atoms with Crippen molar-refractivity contribution in [1.82, 2.24) is 4.90 Å². The average molecular weight is 254 g/mol. The minimum atomic E-state index is -1.05. The summed E-state index contributed by atoms with van der Waals surface area (Å²) < 4.78 is 0. The first-order chi connectivity index (χ1) is 8.00. The van der Waals surface area contributed by atoms with E-state index in [1.54, 1.807) is 30.3 Å². The molecule has 5 heteroatoms. The molecule has 0 saturated heterocycles. The summed E-state index contributed by atoms with van der Waals surface area (Å²) in [7, 11) is 1.42. The Kier molecular flexibility index (Phi) is 4.72. The van der Waals surface area contributed by atoms with Crippen molar-refractivity contribution in [2.75, 3.05) is 13.6 Å². The lowest BCUT2D eigenvalue weighted by Crippen LogP contribution is -2.30. The van der Waals surface area contributed by atoms with Crippen LogP contribution in [0, 0.1) is 0 Å². The Morgan fingerprint density at radius 3 is 2.65 bits per heavy atom. The highest BCUT2D eigenvalue weighted by Gasteiger charge is 2.08. The lowest BCUT2D eigenvalue weighted by Gasteiger charge is -2.11. The number of nitrogens with zero attached hydrogens (tertiary/aromatic N) is 1. The summed E-state index contributed by atoms with van der Waals surface area (Å²) in [6, 6.07) is 7.07. The van der Waals surface area contributed by atoms with Crippen LogP contribution in [-0.4, -0.2) is 35.5 Å². The molecule has 1 aromatic carbocycles. The van der Waals surface area contributed by atoms with Gasteiger partial charge in [0.1, 0.15) is 6.54 Å². The van der Waals surface area contributed by atoms with E-state index >= 15 is 0 Å². The molecule has 17 heavy (non-hydrogen) atoms. The summed E-state index contributed by atoms with van der Waals surface area (Å²) in [4.78, 5) is 23.0. The molecule has 1 aromatic rings. The molecule has 1 amide bonds. The van der Waals surface area contributed by atoms with Gasteiger partial charge in [-0.2, -0.15) is 0 Å². The topological polar surface area (TPSA) is 57.6 Å². The Labute approximate surface area is 104 Å². The molecule has 0 unspecified atom stereocenters. The molecule has 1 rings (SSSR count). The Hall–Kier alpha value is -1.81. The normalized spacial score (nSPS) is 10.5. The van der Waals surface area contributed by atoms with E-state index in [4.69, 9.17) is 16.7 Å². The molecule has 0 heterocycles. The second-order valence-corrected chi connectivity index (χ2v) is 3.85. The van der Waals surface area contributed by atoms with Crippen LogP contribution in [0.25, 0.3) is 6.08 Å². The van der Waals surface area contributed by atoms with Crippen LogP contribution < -0.4 is 0 Å². The van der Waals surface area contributed by atoms with Gasteiger partial charge in [0, 0.05) is 18.1 Å². The van der Waals surface area contributed by atoms with Crippen LogP contribution in [0.4, 0.5) is 0 Å². The SMILES string of the molecule is CN(CC(=O)O)C(=O)/C=C/c1ccccc1Cl. The maximum Gasteiger partial charge on any atom is 0.323 e. The van der Waals surface area contributed by atoms with Crippen LogP contribution >= 0.6 is 11.6 Å². The van der Waals surface area contributed by atoms with Crippen LogP contribution in [0.5, 0.6) is 0 Å². The quantitative estimate of drug-likeness (QED) is 0.834. The lowest BCUT2D eigenvalue weighted by atomic mass is 10.2. The molecular formula is C12H12ClNO3. The minimum Gasteiger partial charge on any atom is -0.480 e. The Balaban J connectivity index is 2.69. The van der Waals surface area contributed by atoms with Gasteiger partial charge in [0.05, 0.1) is 0 Å². The highest BCUT2D eigenvalue weighted by Crippen LogP contribution is 2.16. The lowest BCUT2D eigenvalue weighted by molar-refractivity contribution is -0.141. The second kappa shape index (κ2) is 6.06. The summed E-state index contributed by atoms with van der Waals surface area (Å²) in [5, 5.41) is 9.06. The Morgan fingerprint density at radius 2 is 2.06 bits per heavy atom. The monoisotopic (exact) mass is 253 g/mol. The molecule has 4 nitrogen and oxygen atoms in total. The first kappa shape index (κ1) is 13.3. The van der Waals surface area contributed by atoms with Crippen LogP contribution in [-0.2, 0) is 9.59 Å². The van der Waals surface area contributed by atoms with Crippen LogP contribution in [0.2, 0.25) is 5.02 Å². The van der Waals surface area contributed by atoms with Gasteiger partial charge < -0.3 is 10.0 Å². The smallest absolute Gasteiger partial charge is 0.323 e. The van der Waals surface area contributed by atoms with E-state index in [1.807, 2.05) is 0 Å². The van der Waals surface area contributed by atoms with Gasteiger partial charge in [-0.15, -0.1) is 0 Å². The number of carboxylic acids is 1. The number of benzene rings is 1. The Morgan fingerprint density at radius 1 is 1.41 bits per heavy atom. The van der Waals surface area contributed by atoms with Crippen molar-refractivity contribution in [2.45, 2.75) is 0 Å². The average Bonchev–Trinajstić information content (AvgIpc) is 2.26. The number of carbonyl (C=O) groups excluding carboxylic acids is 1. The molecular weight excluding hydrogens is 242 g/mol. The van der Waals surface area contributed by atoms with Gasteiger partial charge in [-0.05, 0) is 17.7 Å². The first-order valence-electron chi connectivity index (χ1n) is 4.90. The molecule has 0 radical (unpaired) electrons. The van der Waals surface area contributed by atoms with Crippen molar-refractivity contribution in [3.05, 3.63) is 40.9 Å². The largest absolute Gasteiger partial charge is 0.480 e.